The van der Waals surface area contributed by atoms with Crippen LogP contribution in [0.15, 0.2) is 12.2 Å². The van der Waals surface area contributed by atoms with Crippen molar-refractivity contribution >= 4 is 23.8 Å². The van der Waals surface area contributed by atoms with E-state index in [9.17, 15) is 19.5 Å². The van der Waals surface area contributed by atoms with E-state index in [0.29, 0.717) is 47.8 Å². The molecule has 350 valence electrons. The zero-order chi connectivity index (χ0) is 44.9. The zero-order valence-electron chi connectivity index (χ0n) is 40.2. The molecule has 2 saturated heterocycles. The number of piperidine rings is 1. The highest BCUT2D eigenvalue weighted by Crippen LogP contribution is 2.77. The molecule has 5 aliphatic carbocycles. The fourth-order valence-corrected chi connectivity index (χ4v) is 16.1. The molecule has 7 fully saturated rings. The second kappa shape index (κ2) is 18.1. The summed E-state index contributed by atoms with van der Waals surface area (Å²) in [6.07, 6.45) is 15.8. The summed E-state index contributed by atoms with van der Waals surface area (Å²) in [7, 11) is 0. The molecule has 0 radical (unpaired) electrons. The summed E-state index contributed by atoms with van der Waals surface area (Å²) in [6.45, 7) is 29.5. The molecular weight excluding hydrogens is 779 g/mol. The van der Waals surface area contributed by atoms with Gasteiger partial charge in [-0.1, -0.05) is 46.8 Å². The van der Waals surface area contributed by atoms with Crippen LogP contribution in [0.2, 0.25) is 0 Å². The lowest BCUT2D eigenvalue weighted by atomic mass is 9.32. The maximum atomic E-state index is 15.2. The third kappa shape index (κ3) is 8.57. The second-order valence-corrected chi connectivity index (χ2v) is 23.8. The van der Waals surface area contributed by atoms with Crippen LogP contribution >= 0.6 is 0 Å². The lowest BCUT2D eigenvalue weighted by Crippen LogP contribution is -2.67. The fourth-order valence-electron chi connectivity index (χ4n) is 16.1. The molecule has 0 spiro atoms. The van der Waals surface area contributed by atoms with E-state index in [1.165, 1.54) is 12.0 Å². The third-order valence-corrected chi connectivity index (χ3v) is 19.9. The molecule has 0 aromatic heterocycles. The van der Waals surface area contributed by atoms with Crippen LogP contribution in [0.1, 0.15) is 165 Å². The summed E-state index contributed by atoms with van der Waals surface area (Å²) in [4.78, 5) is 57.5. The quantitative estimate of drug-likeness (QED) is 0.101. The summed E-state index contributed by atoms with van der Waals surface area (Å²) in [5, 5.41) is 12.8. The molecule has 0 aromatic rings. The number of morpholine rings is 1. The van der Waals surface area contributed by atoms with Gasteiger partial charge in [-0.2, -0.15) is 0 Å². The van der Waals surface area contributed by atoms with Gasteiger partial charge in [0.1, 0.15) is 6.10 Å². The minimum absolute atomic E-state index is 0.110. The third-order valence-electron chi connectivity index (χ3n) is 19.9. The zero-order valence-corrected chi connectivity index (χ0v) is 40.2. The van der Waals surface area contributed by atoms with E-state index in [-0.39, 0.29) is 45.5 Å². The number of amides is 2. The molecule has 0 bridgehead atoms. The van der Waals surface area contributed by atoms with Gasteiger partial charge < -0.3 is 24.8 Å². The van der Waals surface area contributed by atoms with Gasteiger partial charge in [0, 0.05) is 44.6 Å². The first-order chi connectivity index (χ1) is 29.2. The summed E-state index contributed by atoms with van der Waals surface area (Å²) in [5.74, 6) is 1.96. The first kappa shape index (κ1) is 47.5. The number of carbonyl (C=O) groups excluding carboxylic acids is 3. The first-order valence-corrected chi connectivity index (χ1v) is 25.1. The number of ether oxygens (including phenoxy) is 2. The van der Waals surface area contributed by atoms with E-state index in [4.69, 9.17) is 9.47 Å². The maximum absolute atomic E-state index is 15.2. The van der Waals surface area contributed by atoms with Crippen LogP contribution in [0, 0.1) is 68.0 Å². The second-order valence-electron chi connectivity index (χ2n) is 23.8. The molecular formula is C52H85N3O7. The molecule has 7 aliphatic rings. The fraction of sp³-hybridized carbons (Fsp3) is 0.885. The van der Waals surface area contributed by atoms with Crippen molar-refractivity contribution in [2.75, 3.05) is 52.5 Å². The molecule has 2 amide bonds. The minimum atomic E-state index is -1.16. The minimum Gasteiger partial charge on any atom is -0.481 e. The van der Waals surface area contributed by atoms with Gasteiger partial charge in [0.25, 0.3) is 0 Å². The maximum Gasteiger partial charge on any atom is 0.309 e. The predicted molar refractivity (Wildman–Crippen MR) is 243 cm³/mol. The lowest BCUT2D eigenvalue weighted by molar-refractivity contribution is -0.250. The van der Waals surface area contributed by atoms with E-state index in [1.54, 1.807) is 13.8 Å². The number of aliphatic carboxylic acids is 1. The molecule has 62 heavy (non-hydrogen) atoms. The van der Waals surface area contributed by atoms with Gasteiger partial charge in [-0.3, -0.25) is 24.1 Å². The van der Waals surface area contributed by atoms with Gasteiger partial charge in [-0.05, 0) is 175 Å². The number of likely N-dealkylation sites (tertiary alicyclic amines) is 1. The van der Waals surface area contributed by atoms with Crippen molar-refractivity contribution in [1.29, 1.82) is 0 Å². The molecule has 5 saturated carbocycles. The van der Waals surface area contributed by atoms with E-state index in [1.807, 2.05) is 0 Å². The largest absolute Gasteiger partial charge is 0.481 e. The number of carboxylic acids is 1. The molecule has 2 aliphatic heterocycles. The SMILES string of the molecule is C=C(C)[C@@H]1CC[C@]2(C(=O)N3CCC(CCCC(=O)NCCCN4CCOCC4)CC3)CC[C@]3(C)[C@H](CC[C@@H]4[C@@]5(C)CCC(OC(=O)CC(C)(C)C(=O)O)C(C)(C)[C@@H]5CC[C@]43C)[C@@H]12. The number of nitrogens with zero attached hydrogens (tertiary/aromatic N) is 2. The topological polar surface area (TPSA) is 125 Å². The predicted octanol–water partition coefficient (Wildman–Crippen LogP) is 9.30. The van der Waals surface area contributed by atoms with Crippen molar-refractivity contribution in [2.45, 2.75) is 171 Å². The Balaban J connectivity index is 0.973. The van der Waals surface area contributed by atoms with Gasteiger partial charge >= 0.3 is 11.9 Å². The molecule has 10 atom stereocenters. The van der Waals surface area contributed by atoms with Crippen molar-refractivity contribution in [3.05, 3.63) is 12.2 Å². The number of rotatable bonds is 14. The van der Waals surface area contributed by atoms with Gasteiger partial charge in [-0.25, -0.2) is 0 Å². The summed E-state index contributed by atoms with van der Waals surface area (Å²) >= 11 is 0. The Morgan fingerprint density at radius 3 is 2.21 bits per heavy atom. The molecule has 10 heteroatoms. The van der Waals surface area contributed by atoms with Crippen LogP contribution < -0.4 is 5.32 Å². The number of hydrogen-bond donors (Lipinski definition) is 2. The number of esters is 1. The summed E-state index contributed by atoms with van der Waals surface area (Å²) in [5.41, 5.74) is -0.0419. The number of nitrogens with one attached hydrogen (secondary N) is 1. The smallest absolute Gasteiger partial charge is 0.309 e. The highest BCUT2D eigenvalue weighted by atomic mass is 16.5. The van der Waals surface area contributed by atoms with Crippen LogP contribution in [0.3, 0.4) is 0 Å². The van der Waals surface area contributed by atoms with Crippen molar-refractivity contribution in [3.63, 3.8) is 0 Å². The van der Waals surface area contributed by atoms with E-state index in [2.05, 4.69) is 63.2 Å². The van der Waals surface area contributed by atoms with Crippen molar-refractivity contribution in [1.82, 2.24) is 15.1 Å². The lowest BCUT2D eigenvalue weighted by Gasteiger charge is -2.73. The van der Waals surface area contributed by atoms with Gasteiger partial charge in [0.05, 0.1) is 30.5 Å². The highest BCUT2D eigenvalue weighted by Gasteiger charge is 2.72. The van der Waals surface area contributed by atoms with Crippen molar-refractivity contribution < 1.29 is 33.8 Å². The molecule has 10 nitrogen and oxygen atoms in total. The average molecular weight is 864 g/mol. The van der Waals surface area contributed by atoms with Crippen LogP contribution in [0.4, 0.5) is 0 Å². The standard InChI is InChI=1S/C52H85N3O7/c1-35(2)37-16-23-52(45(58)55-28-19-36(20-29-55)12-10-13-42(56)53-26-11-27-54-30-32-61-33-31-54)25-24-50(8)38(44(37)52)14-15-40-49(7)21-18-41(62-43(57)34-47(3,4)46(59)60)48(5,6)39(49)17-22-51(40,50)9/h36-41,44H,1,10-34H2,2-9H3,(H,53,56)(H,59,60)/t37-,38+,39-,40+,41?,44+,49-,50+,51+,52-/m0/s1. The van der Waals surface area contributed by atoms with Gasteiger partial charge in [-0.15, -0.1) is 0 Å². The Hall–Kier alpha value is -2.46. The normalized spacial score (nSPS) is 38.5. The van der Waals surface area contributed by atoms with Crippen LogP contribution in [-0.2, 0) is 28.7 Å². The van der Waals surface area contributed by atoms with Crippen molar-refractivity contribution in [2.24, 2.45) is 68.0 Å². The van der Waals surface area contributed by atoms with Crippen LogP contribution in [0.5, 0.6) is 0 Å². The Morgan fingerprint density at radius 2 is 1.53 bits per heavy atom. The monoisotopic (exact) mass is 864 g/mol. The number of hydrogen-bond acceptors (Lipinski definition) is 7. The van der Waals surface area contributed by atoms with Crippen molar-refractivity contribution in [3.8, 4) is 0 Å². The van der Waals surface area contributed by atoms with Gasteiger partial charge in [0.2, 0.25) is 11.8 Å². The van der Waals surface area contributed by atoms with E-state index >= 15 is 4.79 Å². The Bertz CT molecular complexity index is 1680. The van der Waals surface area contributed by atoms with E-state index in [0.717, 1.165) is 142 Å². The first-order valence-electron chi connectivity index (χ1n) is 25.1. The Morgan fingerprint density at radius 1 is 0.823 bits per heavy atom. The van der Waals surface area contributed by atoms with E-state index < -0.39 is 17.4 Å². The molecule has 2 N–H and O–H groups in total. The number of carboxylic acid groups (broad SMARTS) is 1. The highest BCUT2D eigenvalue weighted by molar-refractivity contribution is 5.84. The van der Waals surface area contributed by atoms with Crippen LogP contribution in [-0.4, -0.2) is 97.2 Å². The molecule has 7 rings (SSSR count). The van der Waals surface area contributed by atoms with Gasteiger partial charge in [0.15, 0.2) is 0 Å². The number of fused-ring (bicyclic) bond motifs is 7. The number of allylic oxidation sites excluding steroid dienone is 1. The number of carbonyl (C=O) groups is 4. The molecule has 2 heterocycles. The summed E-state index contributed by atoms with van der Waals surface area (Å²) in [6, 6.07) is 0. The average Bonchev–Trinajstić information content (AvgIpc) is 3.62. The Labute approximate surface area is 374 Å². The molecule has 0 aromatic carbocycles. The van der Waals surface area contributed by atoms with Crippen LogP contribution in [0.25, 0.3) is 0 Å². The Kier molecular flexibility index (Phi) is 13.9. The summed E-state index contributed by atoms with van der Waals surface area (Å²) < 4.78 is 11.7. The molecule has 1 unspecified atom stereocenters.